The van der Waals surface area contributed by atoms with Crippen LogP contribution >= 0.6 is 12.4 Å². The van der Waals surface area contributed by atoms with E-state index in [2.05, 4.69) is 10.0 Å². The Kier molecular flexibility index (Phi) is 9.62. The maximum atomic E-state index is 11.6. The van der Waals surface area contributed by atoms with Crippen molar-refractivity contribution in [3.8, 4) is 5.75 Å². The third-order valence-electron chi connectivity index (χ3n) is 2.76. The Hall–Kier alpha value is -1.51. The van der Waals surface area contributed by atoms with E-state index in [1.54, 1.807) is 24.3 Å². The van der Waals surface area contributed by atoms with Gasteiger partial charge in [0.1, 0.15) is 12.4 Å². The fourth-order valence-corrected chi connectivity index (χ4v) is 2.31. The van der Waals surface area contributed by atoms with Gasteiger partial charge in [0, 0.05) is 5.69 Å². The van der Waals surface area contributed by atoms with Crippen molar-refractivity contribution in [2.24, 2.45) is 5.73 Å². The SMILES string of the molecule is CCCC(N)C(=O)NCCOc1ccc(NS(C)(=O)=O)cc1.Cl. The molecule has 1 aromatic rings. The second-order valence-electron chi connectivity index (χ2n) is 4.93. The third-order valence-corrected chi connectivity index (χ3v) is 3.37. The molecule has 0 aliphatic rings. The Bertz CT molecular complexity index is 578. The smallest absolute Gasteiger partial charge is 0.237 e. The Morgan fingerprint density at radius 3 is 2.43 bits per heavy atom. The average Bonchev–Trinajstić information content (AvgIpc) is 2.43. The van der Waals surface area contributed by atoms with Crippen molar-refractivity contribution in [3.63, 3.8) is 0 Å². The quantitative estimate of drug-likeness (QED) is 0.567. The summed E-state index contributed by atoms with van der Waals surface area (Å²) in [5.74, 6) is 0.407. The van der Waals surface area contributed by atoms with Crippen molar-refractivity contribution >= 4 is 34.0 Å². The van der Waals surface area contributed by atoms with E-state index in [9.17, 15) is 13.2 Å². The van der Waals surface area contributed by atoms with E-state index in [0.29, 0.717) is 31.0 Å². The number of amides is 1. The second-order valence-corrected chi connectivity index (χ2v) is 6.68. The largest absolute Gasteiger partial charge is 0.492 e. The van der Waals surface area contributed by atoms with Gasteiger partial charge >= 0.3 is 0 Å². The van der Waals surface area contributed by atoms with Crippen molar-refractivity contribution in [3.05, 3.63) is 24.3 Å². The molecule has 0 heterocycles. The van der Waals surface area contributed by atoms with Crippen molar-refractivity contribution < 1.29 is 17.9 Å². The first-order valence-electron chi connectivity index (χ1n) is 7.05. The highest BCUT2D eigenvalue weighted by Crippen LogP contribution is 2.16. The highest BCUT2D eigenvalue weighted by molar-refractivity contribution is 7.92. The number of rotatable bonds is 9. The van der Waals surface area contributed by atoms with Gasteiger partial charge in [0.05, 0.1) is 18.8 Å². The molecule has 0 aliphatic heterocycles. The van der Waals surface area contributed by atoms with E-state index >= 15 is 0 Å². The molecule has 132 valence electrons. The summed E-state index contributed by atoms with van der Waals surface area (Å²) in [6, 6.07) is 6.03. The van der Waals surface area contributed by atoms with Crippen molar-refractivity contribution in [1.29, 1.82) is 0 Å². The molecular weight excluding hydrogens is 342 g/mol. The van der Waals surface area contributed by atoms with Gasteiger partial charge in [-0.1, -0.05) is 13.3 Å². The Balaban J connectivity index is 0.00000484. The topological polar surface area (TPSA) is 111 Å². The van der Waals surface area contributed by atoms with Crippen LogP contribution in [-0.4, -0.2) is 39.8 Å². The van der Waals surface area contributed by atoms with Crippen molar-refractivity contribution in [1.82, 2.24) is 5.32 Å². The molecule has 0 aliphatic carbocycles. The molecule has 1 aromatic carbocycles. The molecule has 0 spiro atoms. The molecule has 0 bridgehead atoms. The van der Waals surface area contributed by atoms with Crippen LogP contribution in [0.5, 0.6) is 5.75 Å². The molecule has 1 rings (SSSR count). The highest BCUT2D eigenvalue weighted by Gasteiger charge is 2.10. The maximum absolute atomic E-state index is 11.6. The summed E-state index contributed by atoms with van der Waals surface area (Å²) in [6.07, 6.45) is 2.60. The minimum atomic E-state index is -3.28. The van der Waals surface area contributed by atoms with Crippen LogP contribution in [0.2, 0.25) is 0 Å². The fraction of sp³-hybridized carbons (Fsp3) is 0.500. The summed E-state index contributed by atoms with van der Waals surface area (Å²) in [7, 11) is -3.28. The molecule has 23 heavy (non-hydrogen) atoms. The van der Waals surface area contributed by atoms with Crippen LogP contribution < -0.4 is 20.5 Å². The van der Waals surface area contributed by atoms with E-state index < -0.39 is 16.1 Å². The predicted molar refractivity (Wildman–Crippen MR) is 93.5 cm³/mol. The lowest BCUT2D eigenvalue weighted by atomic mass is 10.2. The third kappa shape index (κ3) is 9.27. The van der Waals surface area contributed by atoms with Crippen LogP contribution in [-0.2, 0) is 14.8 Å². The standard InChI is InChI=1S/C14H23N3O4S.ClH/c1-3-4-13(15)14(18)16-9-10-21-12-7-5-11(6-8-12)17-22(2,19)20;/h5-8,13,17H,3-4,9-10,15H2,1-2H3,(H,16,18);1H. The molecule has 9 heteroatoms. The molecular formula is C14H24ClN3O4S. The number of sulfonamides is 1. The lowest BCUT2D eigenvalue weighted by Gasteiger charge is -2.12. The zero-order chi connectivity index (χ0) is 16.6. The Morgan fingerprint density at radius 1 is 1.30 bits per heavy atom. The van der Waals surface area contributed by atoms with Crippen LogP contribution in [0.1, 0.15) is 19.8 Å². The summed E-state index contributed by atoms with van der Waals surface area (Å²) >= 11 is 0. The van der Waals surface area contributed by atoms with Crippen LogP contribution in [0, 0.1) is 0 Å². The zero-order valence-corrected chi connectivity index (χ0v) is 14.9. The van der Waals surface area contributed by atoms with Gasteiger partial charge in [-0.15, -0.1) is 12.4 Å². The highest BCUT2D eigenvalue weighted by atomic mass is 35.5. The van der Waals surface area contributed by atoms with Gasteiger partial charge in [0.15, 0.2) is 0 Å². The average molecular weight is 366 g/mol. The van der Waals surface area contributed by atoms with Gasteiger partial charge in [0.25, 0.3) is 0 Å². The lowest BCUT2D eigenvalue weighted by molar-refractivity contribution is -0.122. The zero-order valence-electron chi connectivity index (χ0n) is 13.2. The second kappa shape index (κ2) is 10.3. The summed E-state index contributed by atoms with van der Waals surface area (Å²) in [5, 5.41) is 2.70. The fourth-order valence-electron chi connectivity index (χ4n) is 1.75. The minimum absolute atomic E-state index is 0. The number of ether oxygens (including phenoxy) is 1. The van der Waals surface area contributed by atoms with Crippen LogP contribution in [0.15, 0.2) is 24.3 Å². The lowest BCUT2D eigenvalue weighted by Crippen LogP contribution is -2.41. The molecule has 0 radical (unpaired) electrons. The van der Waals surface area contributed by atoms with Crippen molar-refractivity contribution in [2.45, 2.75) is 25.8 Å². The van der Waals surface area contributed by atoms with Gasteiger partial charge in [-0.25, -0.2) is 8.42 Å². The summed E-state index contributed by atoms with van der Waals surface area (Å²) in [5.41, 5.74) is 6.15. The monoisotopic (exact) mass is 365 g/mol. The predicted octanol–water partition coefficient (Wildman–Crippen LogP) is 1.10. The molecule has 4 N–H and O–H groups in total. The summed E-state index contributed by atoms with van der Waals surface area (Å²) in [4.78, 5) is 11.6. The number of nitrogens with two attached hydrogens (primary N) is 1. The first kappa shape index (κ1) is 21.5. The van der Waals surface area contributed by atoms with Gasteiger partial charge in [-0.2, -0.15) is 0 Å². The summed E-state index contributed by atoms with van der Waals surface area (Å²) in [6.45, 7) is 2.64. The minimum Gasteiger partial charge on any atom is -0.492 e. The van der Waals surface area contributed by atoms with E-state index in [4.69, 9.17) is 10.5 Å². The van der Waals surface area contributed by atoms with E-state index in [1.165, 1.54) is 0 Å². The normalized spacial score (nSPS) is 12.0. The molecule has 1 unspecified atom stereocenters. The molecule has 0 saturated heterocycles. The van der Waals surface area contributed by atoms with E-state index in [0.717, 1.165) is 12.7 Å². The van der Waals surface area contributed by atoms with Crippen molar-refractivity contribution in [2.75, 3.05) is 24.1 Å². The maximum Gasteiger partial charge on any atom is 0.237 e. The molecule has 1 atom stereocenters. The molecule has 7 nitrogen and oxygen atoms in total. The molecule has 1 amide bonds. The number of halogens is 1. The number of benzene rings is 1. The van der Waals surface area contributed by atoms with Gasteiger partial charge in [-0.3, -0.25) is 9.52 Å². The number of nitrogens with one attached hydrogen (secondary N) is 2. The number of carbonyl (C=O) groups excluding carboxylic acids is 1. The Labute approximate surface area is 143 Å². The number of hydrogen-bond acceptors (Lipinski definition) is 5. The van der Waals surface area contributed by atoms with E-state index in [1.807, 2.05) is 6.92 Å². The van der Waals surface area contributed by atoms with Crippen LogP contribution in [0.3, 0.4) is 0 Å². The van der Waals surface area contributed by atoms with Gasteiger partial charge in [0.2, 0.25) is 15.9 Å². The van der Waals surface area contributed by atoms with Gasteiger partial charge < -0.3 is 15.8 Å². The number of carbonyl (C=O) groups is 1. The Morgan fingerprint density at radius 2 is 1.91 bits per heavy atom. The first-order chi connectivity index (χ1) is 10.3. The van der Waals surface area contributed by atoms with E-state index in [-0.39, 0.29) is 18.3 Å². The van der Waals surface area contributed by atoms with Gasteiger partial charge in [-0.05, 0) is 30.7 Å². The van der Waals surface area contributed by atoms with Crippen LogP contribution in [0.25, 0.3) is 0 Å². The first-order valence-corrected chi connectivity index (χ1v) is 8.95. The number of anilines is 1. The summed E-state index contributed by atoms with van der Waals surface area (Å²) < 4.78 is 29.9. The molecule has 0 aromatic heterocycles. The molecule has 0 saturated carbocycles. The molecule has 0 fully saturated rings. The number of hydrogen-bond donors (Lipinski definition) is 3. The van der Waals surface area contributed by atoms with Crippen LogP contribution in [0.4, 0.5) is 5.69 Å².